The number of carbonyl (C=O) groups is 1. The van der Waals surface area contributed by atoms with Crippen LogP contribution in [0.15, 0.2) is 48.7 Å². The van der Waals surface area contributed by atoms with Crippen LogP contribution < -0.4 is 9.47 Å². The molecule has 1 heterocycles. The van der Waals surface area contributed by atoms with E-state index < -0.39 is 30.1 Å². The highest BCUT2D eigenvalue weighted by Gasteiger charge is 2.30. The van der Waals surface area contributed by atoms with E-state index in [1.54, 1.807) is 24.3 Å². The number of carbonyl (C=O) groups excluding carboxylic acids is 1. The van der Waals surface area contributed by atoms with Gasteiger partial charge in [-0.25, -0.2) is 9.78 Å². The van der Waals surface area contributed by atoms with Gasteiger partial charge in [0, 0.05) is 19.2 Å². The summed E-state index contributed by atoms with van der Waals surface area (Å²) in [5, 5.41) is 0. The molecule has 5 nitrogen and oxygen atoms in total. The summed E-state index contributed by atoms with van der Waals surface area (Å²) in [6, 6.07) is 10.6. The number of benzene rings is 1. The Bertz CT molecular complexity index is 689. The summed E-state index contributed by atoms with van der Waals surface area (Å²) in [6.07, 6.45) is -5.76. The summed E-state index contributed by atoms with van der Waals surface area (Å²) in [4.78, 5) is 15.5. The van der Waals surface area contributed by atoms with Crippen LogP contribution in [0.3, 0.4) is 0 Å². The molecular formula is C17H16F3NO4. The molecule has 2 aromatic rings. The molecule has 0 saturated heterocycles. The molecule has 1 aromatic heterocycles. The minimum atomic E-state index is -4.48. The van der Waals surface area contributed by atoms with Crippen molar-refractivity contribution in [3.05, 3.63) is 54.2 Å². The van der Waals surface area contributed by atoms with Crippen LogP contribution >= 0.6 is 0 Å². The lowest BCUT2D eigenvalue weighted by Crippen LogP contribution is -2.31. The number of para-hydroxylation sites is 1. The van der Waals surface area contributed by atoms with Crippen molar-refractivity contribution in [2.75, 3.05) is 0 Å². The van der Waals surface area contributed by atoms with E-state index in [1.165, 1.54) is 13.8 Å². The first-order chi connectivity index (χ1) is 11.8. The molecule has 0 aliphatic rings. The van der Waals surface area contributed by atoms with Crippen molar-refractivity contribution in [1.29, 1.82) is 0 Å². The van der Waals surface area contributed by atoms with Crippen molar-refractivity contribution < 1.29 is 32.2 Å². The Morgan fingerprint density at radius 2 is 1.72 bits per heavy atom. The van der Waals surface area contributed by atoms with Crippen molar-refractivity contribution in [2.24, 2.45) is 0 Å². The lowest BCUT2D eigenvalue weighted by molar-refractivity contribution is -0.169. The van der Waals surface area contributed by atoms with E-state index in [9.17, 15) is 18.0 Å². The molecule has 0 spiro atoms. The van der Waals surface area contributed by atoms with Crippen molar-refractivity contribution in [3.8, 4) is 11.6 Å². The SMILES string of the molecule is CC(OC(=O)C(C)Oc1ccccc1)Oc1ccc(C(F)(F)F)cn1. The molecule has 0 bridgehead atoms. The summed E-state index contributed by atoms with van der Waals surface area (Å²) < 4.78 is 53.0. The number of esters is 1. The Kier molecular flexibility index (Phi) is 5.84. The Morgan fingerprint density at radius 3 is 2.28 bits per heavy atom. The summed E-state index contributed by atoms with van der Waals surface area (Å²) in [7, 11) is 0. The van der Waals surface area contributed by atoms with E-state index in [-0.39, 0.29) is 5.88 Å². The fraction of sp³-hybridized carbons (Fsp3) is 0.294. The van der Waals surface area contributed by atoms with Crippen LogP contribution in [0.5, 0.6) is 11.6 Å². The van der Waals surface area contributed by atoms with Gasteiger partial charge in [0.1, 0.15) is 5.75 Å². The van der Waals surface area contributed by atoms with Gasteiger partial charge in [-0.1, -0.05) is 18.2 Å². The molecule has 2 unspecified atom stereocenters. The third kappa shape index (κ3) is 5.66. The Hall–Kier alpha value is -2.77. The highest BCUT2D eigenvalue weighted by Crippen LogP contribution is 2.29. The van der Waals surface area contributed by atoms with Crippen LogP contribution in [0, 0.1) is 0 Å². The second-order valence-corrected chi connectivity index (χ2v) is 5.08. The van der Waals surface area contributed by atoms with Crippen LogP contribution in [0.2, 0.25) is 0 Å². The van der Waals surface area contributed by atoms with Crippen LogP contribution in [0.25, 0.3) is 0 Å². The summed E-state index contributed by atoms with van der Waals surface area (Å²) in [5.41, 5.74) is -0.894. The van der Waals surface area contributed by atoms with E-state index in [0.717, 1.165) is 12.1 Å². The lowest BCUT2D eigenvalue weighted by atomic mass is 10.3. The molecule has 25 heavy (non-hydrogen) atoms. The van der Waals surface area contributed by atoms with Gasteiger partial charge in [-0.2, -0.15) is 13.2 Å². The van der Waals surface area contributed by atoms with Crippen LogP contribution in [0.1, 0.15) is 19.4 Å². The molecule has 0 radical (unpaired) electrons. The Morgan fingerprint density at radius 1 is 1.04 bits per heavy atom. The quantitative estimate of drug-likeness (QED) is 0.582. The number of halogens is 3. The van der Waals surface area contributed by atoms with Crippen LogP contribution in [-0.4, -0.2) is 23.3 Å². The number of rotatable bonds is 6. The third-order valence-corrected chi connectivity index (χ3v) is 3.02. The normalized spacial score (nSPS) is 13.6. The first-order valence-electron chi connectivity index (χ1n) is 7.38. The zero-order valence-corrected chi connectivity index (χ0v) is 13.5. The van der Waals surface area contributed by atoms with Crippen molar-refractivity contribution in [2.45, 2.75) is 32.4 Å². The van der Waals surface area contributed by atoms with Gasteiger partial charge in [-0.15, -0.1) is 0 Å². The molecule has 2 atom stereocenters. The number of nitrogens with zero attached hydrogens (tertiary/aromatic N) is 1. The van der Waals surface area contributed by atoms with Gasteiger partial charge in [0.2, 0.25) is 12.2 Å². The number of pyridine rings is 1. The minimum Gasteiger partial charge on any atom is -0.479 e. The Labute approximate surface area is 142 Å². The molecule has 0 aliphatic carbocycles. The second-order valence-electron chi connectivity index (χ2n) is 5.08. The van der Waals surface area contributed by atoms with Crippen molar-refractivity contribution >= 4 is 5.97 Å². The highest BCUT2D eigenvalue weighted by atomic mass is 19.4. The van der Waals surface area contributed by atoms with E-state index in [0.29, 0.717) is 11.9 Å². The van der Waals surface area contributed by atoms with Gasteiger partial charge in [0.15, 0.2) is 6.10 Å². The third-order valence-electron chi connectivity index (χ3n) is 3.02. The highest BCUT2D eigenvalue weighted by molar-refractivity contribution is 5.74. The van der Waals surface area contributed by atoms with Gasteiger partial charge in [-0.3, -0.25) is 0 Å². The maximum Gasteiger partial charge on any atom is 0.417 e. The molecule has 8 heteroatoms. The number of ether oxygens (including phenoxy) is 3. The van der Waals surface area contributed by atoms with E-state index in [1.807, 2.05) is 6.07 Å². The number of aromatic nitrogens is 1. The maximum absolute atomic E-state index is 12.5. The Balaban J connectivity index is 1.86. The maximum atomic E-state index is 12.5. The zero-order chi connectivity index (χ0) is 18.4. The second kappa shape index (κ2) is 7.87. The average Bonchev–Trinajstić information content (AvgIpc) is 2.55. The number of alkyl halides is 3. The topological polar surface area (TPSA) is 57.7 Å². The smallest absolute Gasteiger partial charge is 0.417 e. The van der Waals surface area contributed by atoms with E-state index >= 15 is 0 Å². The minimum absolute atomic E-state index is 0.0927. The zero-order valence-electron chi connectivity index (χ0n) is 13.5. The molecule has 0 amide bonds. The average molecular weight is 355 g/mol. The van der Waals surface area contributed by atoms with Gasteiger partial charge in [0.25, 0.3) is 0 Å². The molecule has 134 valence electrons. The van der Waals surface area contributed by atoms with E-state index in [4.69, 9.17) is 14.2 Å². The van der Waals surface area contributed by atoms with Crippen LogP contribution in [-0.2, 0) is 15.7 Å². The predicted molar refractivity (Wildman–Crippen MR) is 82.0 cm³/mol. The number of hydrogen-bond donors (Lipinski definition) is 0. The number of hydrogen-bond acceptors (Lipinski definition) is 5. The summed E-state index contributed by atoms with van der Waals surface area (Å²) in [6.45, 7) is 2.94. The molecule has 0 aliphatic heterocycles. The van der Waals surface area contributed by atoms with Gasteiger partial charge >= 0.3 is 12.1 Å². The van der Waals surface area contributed by atoms with Gasteiger partial charge < -0.3 is 14.2 Å². The summed E-state index contributed by atoms with van der Waals surface area (Å²) in [5.74, 6) is -0.266. The van der Waals surface area contributed by atoms with Crippen LogP contribution in [0.4, 0.5) is 13.2 Å². The standard InChI is InChI=1S/C17H16F3NO4/c1-11(23-14-6-4-3-5-7-14)16(22)25-12(2)24-15-9-8-13(10-21-15)17(18,19)20/h3-12H,1-2H3. The lowest BCUT2D eigenvalue weighted by Gasteiger charge is -2.18. The molecule has 2 rings (SSSR count). The predicted octanol–water partition coefficient (Wildman–Crippen LogP) is 3.84. The first-order valence-corrected chi connectivity index (χ1v) is 7.38. The largest absolute Gasteiger partial charge is 0.479 e. The molecule has 0 N–H and O–H groups in total. The fourth-order valence-corrected chi connectivity index (χ4v) is 1.82. The molecule has 0 fully saturated rings. The van der Waals surface area contributed by atoms with Gasteiger partial charge in [-0.05, 0) is 25.1 Å². The monoisotopic (exact) mass is 355 g/mol. The molecule has 0 saturated carbocycles. The first kappa shape index (κ1) is 18.6. The van der Waals surface area contributed by atoms with Crippen molar-refractivity contribution in [3.63, 3.8) is 0 Å². The van der Waals surface area contributed by atoms with Gasteiger partial charge in [0.05, 0.1) is 5.56 Å². The summed E-state index contributed by atoms with van der Waals surface area (Å²) >= 11 is 0. The molecule has 1 aromatic carbocycles. The van der Waals surface area contributed by atoms with Crippen molar-refractivity contribution in [1.82, 2.24) is 4.98 Å². The molecular weight excluding hydrogens is 339 g/mol. The fourth-order valence-electron chi connectivity index (χ4n) is 1.82. The van der Waals surface area contributed by atoms with E-state index in [2.05, 4.69) is 4.98 Å².